The fourth-order valence-electron chi connectivity index (χ4n) is 2.25. The molecule has 1 saturated heterocycles. The number of amides is 1. The van der Waals surface area contributed by atoms with Gasteiger partial charge in [0.15, 0.2) is 11.5 Å². The van der Waals surface area contributed by atoms with Gasteiger partial charge in [0, 0.05) is 24.8 Å². The Balaban J connectivity index is 1.71. The Bertz CT molecular complexity index is 469. The lowest BCUT2D eigenvalue weighted by Crippen LogP contribution is -2.26. The smallest absolute Gasteiger partial charge is 0.253 e. The molecule has 0 aromatic heterocycles. The van der Waals surface area contributed by atoms with Crippen LogP contribution in [0.3, 0.4) is 0 Å². The van der Waals surface area contributed by atoms with Crippen LogP contribution in [0.2, 0.25) is 0 Å². The Morgan fingerprint density at radius 3 is 2.74 bits per heavy atom. The lowest BCUT2D eigenvalue weighted by Gasteiger charge is -2.12. The van der Waals surface area contributed by atoms with Crippen molar-refractivity contribution in [1.29, 1.82) is 0 Å². The summed E-state index contributed by atoms with van der Waals surface area (Å²) in [5, 5.41) is 2.85. The monoisotopic (exact) mass is 263 g/mol. The molecule has 2 heterocycles. The highest BCUT2D eigenvalue weighted by Gasteiger charge is 2.23. The van der Waals surface area contributed by atoms with E-state index in [1.54, 1.807) is 6.07 Å². The van der Waals surface area contributed by atoms with Crippen molar-refractivity contribution in [2.75, 3.05) is 25.1 Å². The number of benzene rings is 1. The van der Waals surface area contributed by atoms with Gasteiger partial charge in [-0.1, -0.05) is 0 Å². The Labute approximate surface area is 111 Å². The molecule has 0 bridgehead atoms. The zero-order chi connectivity index (χ0) is 13.1. The van der Waals surface area contributed by atoms with Crippen molar-refractivity contribution in [3.8, 4) is 11.5 Å². The Morgan fingerprint density at radius 1 is 1.11 bits per heavy atom. The van der Waals surface area contributed by atoms with E-state index in [0.29, 0.717) is 31.3 Å². The summed E-state index contributed by atoms with van der Waals surface area (Å²) in [6.07, 6.45) is 2.28. The molecule has 2 aliphatic rings. The summed E-state index contributed by atoms with van der Waals surface area (Å²) < 4.78 is 16.5. The van der Waals surface area contributed by atoms with Crippen LogP contribution in [0.1, 0.15) is 19.3 Å². The van der Waals surface area contributed by atoms with Gasteiger partial charge < -0.3 is 19.5 Å². The molecule has 1 aromatic carbocycles. The second kappa shape index (κ2) is 5.48. The summed E-state index contributed by atoms with van der Waals surface area (Å²) >= 11 is 0. The van der Waals surface area contributed by atoms with Crippen molar-refractivity contribution in [3.63, 3.8) is 0 Å². The third-order valence-electron chi connectivity index (χ3n) is 3.24. The minimum atomic E-state index is -0.323. The molecule has 1 N–H and O–H groups in total. The molecule has 0 radical (unpaired) electrons. The molecule has 5 heteroatoms. The van der Waals surface area contributed by atoms with E-state index in [2.05, 4.69) is 5.32 Å². The van der Waals surface area contributed by atoms with Crippen LogP contribution >= 0.6 is 0 Å². The van der Waals surface area contributed by atoms with Gasteiger partial charge >= 0.3 is 0 Å². The number of hydrogen-bond acceptors (Lipinski definition) is 4. The van der Waals surface area contributed by atoms with Crippen LogP contribution in [0, 0.1) is 0 Å². The van der Waals surface area contributed by atoms with E-state index in [4.69, 9.17) is 14.2 Å². The molecule has 0 spiro atoms. The normalized spacial score (nSPS) is 21.8. The average Bonchev–Trinajstić information content (AvgIpc) is 2.85. The van der Waals surface area contributed by atoms with Gasteiger partial charge in [0.2, 0.25) is 0 Å². The fraction of sp³-hybridized carbons (Fsp3) is 0.500. The number of fused-ring (bicyclic) bond motifs is 1. The van der Waals surface area contributed by atoms with Crippen molar-refractivity contribution < 1.29 is 19.0 Å². The van der Waals surface area contributed by atoms with E-state index < -0.39 is 0 Å². The van der Waals surface area contributed by atoms with Crippen LogP contribution < -0.4 is 14.8 Å². The number of nitrogens with one attached hydrogen (secondary N) is 1. The second-order valence-electron chi connectivity index (χ2n) is 4.70. The van der Waals surface area contributed by atoms with Gasteiger partial charge in [-0.2, -0.15) is 0 Å². The quantitative estimate of drug-likeness (QED) is 0.886. The molecule has 1 atom stereocenters. The molecule has 0 saturated carbocycles. The fourth-order valence-corrected chi connectivity index (χ4v) is 2.25. The molecular weight excluding hydrogens is 246 g/mol. The standard InChI is InChI=1S/C14H17NO4/c16-14(12-3-1-6-18-12)15-10-4-5-11-13(9-10)19-8-2-7-17-11/h4-5,9,12H,1-3,6-8H2,(H,15,16). The molecule has 2 aliphatic heterocycles. The third kappa shape index (κ3) is 2.81. The lowest BCUT2D eigenvalue weighted by molar-refractivity contribution is -0.124. The average molecular weight is 263 g/mol. The minimum Gasteiger partial charge on any atom is -0.490 e. The topological polar surface area (TPSA) is 56.8 Å². The van der Waals surface area contributed by atoms with Crippen molar-refractivity contribution in [1.82, 2.24) is 0 Å². The maximum atomic E-state index is 11.9. The highest BCUT2D eigenvalue weighted by Crippen LogP contribution is 2.32. The Hall–Kier alpha value is -1.75. The van der Waals surface area contributed by atoms with Crippen LogP contribution in [-0.4, -0.2) is 31.8 Å². The molecule has 19 heavy (non-hydrogen) atoms. The van der Waals surface area contributed by atoms with Crippen LogP contribution in [0.15, 0.2) is 18.2 Å². The third-order valence-corrected chi connectivity index (χ3v) is 3.24. The van der Waals surface area contributed by atoms with Crippen LogP contribution in [0.4, 0.5) is 5.69 Å². The first-order valence-corrected chi connectivity index (χ1v) is 6.65. The molecule has 0 aliphatic carbocycles. The maximum Gasteiger partial charge on any atom is 0.253 e. The highest BCUT2D eigenvalue weighted by molar-refractivity contribution is 5.94. The Kier molecular flexibility index (Phi) is 3.55. The molecule has 3 rings (SSSR count). The summed E-state index contributed by atoms with van der Waals surface area (Å²) in [7, 11) is 0. The van der Waals surface area contributed by atoms with Crippen LogP contribution in [0.5, 0.6) is 11.5 Å². The van der Waals surface area contributed by atoms with Crippen LogP contribution in [0.25, 0.3) is 0 Å². The molecular formula is C14H17NO4. The highest BCUT2D eigenvalue weighted by atomic mass is 16.5. The van der Waals surface area contributed by atoms with Crippen LogP contribution in [-0.2, 0) is 9.53 Å². The van der Waals surface area contributed by atoms with Crippen molar-refractivity contribution in [2.24, 2.45) is 0 Å². The summed E-state index contributed by atoms with van der Waals surface area (Å²) in [6.45, 7) is 1.96. The van der Waals surface area contributed by atoms with E-state index >= 15 is 0 Å². The molecule has 1 fully saturated rings. The van der Waals surface area contributed by atoms with E-state index in [-0.39, 0.29) is 12.0 Å². The molecule has 1 amide bonds. The van der Waals surface area contributed by atoms with Gasteiger partial charge in [-0.05, 0) is 25.0 Å². The second-order valence-corrected chi connectivity index (χ2v) is 4.70. The molecule has 102 valence electrons. The number of carbonyl (C=O) groups excluding carboxylic acids is 1. The van der Waals surface area contributed by atoms with Gasteiger partial charge in [0.25, 0.3) is 5.91 Å². The number of carbonyl (C=O) groups is 1. The summed E-state index contributed by atoms with van der Waals surface area (Å²) in [6, 6.07) is 5.44. The van der Waals surface area contributed by atoms with E-state index in [9.17, 15) is 4.79 Å². The zero-order valence-electron chi connectivity index (χ0n) is 10.7. The van der Waals surface area contributed by atoms with Crippen molar-refractivity contribution in [3.05, 3.63) is 18.2 Å². The van der Waals surface area contributed by atoms with Gasteiger partial charge in [-0.15, -0.1) is 0 Å². The van der Waals surface area contributed by atoms with E-state index in [0.717, 1.165) is 25.0 Å². The van der Waals surface area contributed by atoms with Crippen molar-refractivity contribution >= 4 is 11.6 Å². The minimum absolute atomic E-state index is 0.0907. The summed E-state index contributed by atoms with van der Waals surface area (Å²) in [5.74, 6) is 1.32. The number of ether oxygens (including phenoxy) is 3. The lowest BCUT2D eigenvalue weighted by atomic mass is 10.2. The first kappa shape index (κ1) is 12.3. The molecule has 1 aromatic rings. The van der Waals surface area contributed by atoms with Crippen molar-refractivity contribution in [2.45, 2.75) is 25.4 Å². The molecule has 5 nitrogen and oxygen atoms in total. The molecule has 1 unspecified atom stereocenters. The SMILES string of the molecule is O=C(Nc1ccc2c(c1)OCCCO2)C1CCCO1. The largest absolute Gasteiger partial charge is 0.490 e. The number of anilines is 1. The summed E-state index contributed by atoms with van der Waals surface area (Å²) in [5.41, 5.74) is 0.713. The van der Waals surface area contributed by atoms with Gasteiger partial charge in [0.1, 0.15) is 6.10 Å². The van der Waals surface area contributed by atoms with E-state index in [1.165, 1.54) is 0 Å². The number of hydrogen-bond donors (Lipinski definition) is 1. The first-order valence-electron chi connectivity index (χ1n) is 6.65. The Morgan fingerprint density at radius 2 is 1.95 bits per heavy atom. The first-order chi connectivity index (χ1) is 9.33. The predicted octanol–water partition coefficient (Wildman–Crippen LogP) is 1.97. The van der Waals surface area contributed by atoms with Gasteiger partial charge in [-0.3, -0.25) is 4.79 Å². The predicted molar refractivity (Wildman–Crippen MR) is 69.7 cm³/mol. The van der Waals surface area contributed by atoms with Gasteiger partial charge in [-0.25, -0.2) is 0 Å². The van der Waals surface area contributed by atoms with Gasteiger partial charge in [0.05, 0.1) is 13.2 Å². The van der Waals surface area contributed by atoms with E-state index in [1.807, 2.05) is 12.1 Å². The zero-order valence-corrected chi connectivity index (χ0v) is 10.7. The maximum absolute atomic E-state index is 11.9. The summed E-state index contributed by atoms with van der Waals surface area (Å²) in [4.78, 5) is 11.9. The number of rotatable bonds is 2.